The van der Waals surface area contributed by atoms with Gasteiger partial charge in [-0.1, -0.05) is 34.1 Å². The Bertz CT molecular complexity index is 679. The molecule has 0 fully saturated rings. The van der Waals surface area contributed by atoms with Crippen molar-refractivity contribution in [3.8, 4) is 0 Å². The van der Waals surface area contributed by atoms with Gasteiger partial charge in [0.15, 0.2) is 5.96 Å². The van der Waals surface area contributed by atoms with Gasteiger partial charge in [-0.3, -0.25) is 0 Å². The van der Waals surface area contributed by atoms with E-state index in [1.54, 1.807) is 0 Å². The zero-order valence-electron chi connectivity index (χ0n) is 11.8. The van der Waals surface area contributed by atoms with Crippen LogP contribution in [0.3, 0.4) is 0 Å². The van der Waals surface area contributed by atoms with Crippen LogP contribution in [0, 0.1) is 0 Å². The summed E-state index contributed by atoms with van der Waals surface area (Å²) in [4.78, 5) is 4.39. The fraction of sp³-hybridized carbons (Fsp3) is 0.235. The third-order valence-electron chi connectivity index (χ3n) is 3.69. The van der Waals surface area contributed by atoms with Crippen molar-refractivity contribution < 1.29 is 0 Å². The Hall–Kier alpha value is -1.81. The number of hydrogen-bond donors (Lipinski definition) is 2. The number of nitrogens with one attached hydrogen (secondary N) is 1. The van der Waals surface area contributed by atoms with Gasteiger partial charge in [0.2, 0.25) is 0 Å². The monoisotopic (exact) mass is 343 g/mol. The fourth-order valence-corrected chi connectivity index (χ4v) is 3.10. The molecule has 2 aromatic carbocycles. The lowest BCUT2D eigenvalue weighted by Gasteiger charge is -2.08. The standard InChI is InChI=1S/C17H18BrN3/c18-15-6-1-3-12(9-15)11-20-17(19)21-16-8-7-13-4-2-5-14(13)10-16/h1,3,6-10H,2,4-5,11H2,(H3,19,20,21). The lowest BCUT2D eigenvalue weighted by atomic mass is 10.1. The smallest absolute Gasteiger partial charge is 0.193 e. The van der Waals surface area contributed by atoms with Crippen molar-refractivity contribution in [2.75, 3.05) is 5.32 Å². The Labute approximate surface area is 133 Å². The third-order valence-corrected chi connectivity index (χ3v) is 4.19. The normalized spacial score (nSPS) is 14.0. The molecule has 3 nitrogen and oxygen atoms in total. The molecule has 0 atom stereocenters. The maximum absolute atomic E-state index is 5.96. The summed E-state index contributed by atoms with van der Waals surface area (Å²) in [5, 5.41) is 3.17. The van der Waals surface area contributed by atoms with Gasteiger partial charge in [0.05, 0.1) is 6.54 Å². The van der Waals surface area contributed by atoms with E-state index in [4.69, 9.17) is 5.73 Å². The van der Waals surface area contributed by atoms with Crippen LogP contribution in [0.1, 0.15) is 23.1 Å². The average Bonchev–Trinajstić information content (AvgIpc) is 2.93. The molecule has 4 heteroatoms. The number of aliphatic imine (C=N–C) groups is 1. The summed E-state index contributed by atoms with van der Waals surface area (Å²) in [6.07, 6.45) is 3.62. The van der Waals surface area contributed by atoms with Gasteiger partial charge in [0.1, 0.15) is 0 Å². The Morgan fingerprint density at radius 3 is 2.86 bits per heavy atom. The zero-order valence-corrected chi connectivity index (χ0v) is 13.4. The van der Waals surface area contributed by atoms with Gasteiger partial charge in [-0.05, 0) is 60.2 Å². The maximum atomic E-state index is 5.96. The highest BCUT2D eigenvalue weighted by Crippen LogP contribution is 2.24. The molecule has 0 amide bonds. The molecular formula is C17H18BrN3. The summed E-state index contributed by atoms with van der Waals surface area (Å²) in [5.74, 6) is 0.452. The second-order valence-electron chi connectivity index (χ2n) is 5.29. The number of nitrogens with two attached hydrogens (primary N) is 1. The topological polar surface area (TPSA) is 50.4 Å². The van der Waals surface area contributed by atoms with Crippen molar-refractivity contribution in [2.45, 2.75) is 25.8 Å². The number of anilines is 1. The number of aryl methyl sites for hydroxylation is 2. The molecule has 1 aliphatic carbocycles. The molecular weight excluding hydrogens is 326 g/mol. The minimum Gasteiger partial charge on any atom is -0.370 e. The highest BCUT2D eigenvalue weighted by Gasteiger charge is 2.10. The van der Waals surface area contributed by atoms with Gasteiger partial charge in [0, 0.05) is 10.2 Å². The second kappa shape index (κ2) is 6.31. The maximum Gasteiger partial charge on any atom is 0.193 e. The predicted octanol–water partition coefficient (Wildman–Crippen LogP) is 3.86. The molecule has 2 aromatic rings. The molecule has 0 aliphatic heterocycles. The lowest BCUT2D eigenvalue weighted by molar-refractivity contribution is 0.912. The molecule has 21 heavy (non-hydrogen) atoms. The van der Waals surface area contributed by atoms with Gasteiger partial charge in [-0.2, -0.15) is 0 Å². The van der Waals surface area contributed by atoms with Crippen molar-refractivity contribution in [2.24, 2.45) is 10.7 Å². The molecule has 0 bridgehead atoms. The SMILES string of the molecule is NC(=NCc1cccc(Br)c1)Nc1ccc2c(c1)CCC2. The van der Waals surface area contributed by atoms with Gasteiger partial charge in [-0.15, -0.1) is 0 Å². The molecule has 0 radical (unpaired) electrons. The van der Waals surface area contributed by atoms with Crippen molar-refractivity contribution in [1.29, 1.82) is 0 Å². The van der Waals surface area contributed by atoms with Crippen LogP contribution in [0.25, 0.3) is 0 Å². The Morgan fingerprint density at radius 1 is 1.14 bits per heavy atom. The highest BCUT2D eigenvalue weighted by atomic mass is 79.9. The van der Waals surface area contributed by atoms with Crippen LogP contribution < -0.4 is 11.1 Å². The van der Waals surface area contributed by atoms with Crippen LogP contribution in [0.15, 0.2) is 51.9 Å². The quantitative estimate of drug-likeness (QED) is 0.656. The molecule has 3 rings (SSSR count). The minimum absolute atomic E-state index is 0.452. The summed E-state index contributed by atoms with van der Waals surface area (Å²) in [7, 11) is 0. The number of nitrogens with zero attached hydrogens (tertiary/aromatic N) is 1. The van der Waals surface area contributed by atoms with Crippen molar-refractivity contribution >= 4 is 27.6 Å². The number of halogens is 1. The molecule has 0 aromatic heterocycles. The van der Waals surface area contributed by atoms with Gasteiger partial charge < -0.3 is 11.1 Å². The van der Waals surface area contributed by atoms with E-state index < -0.39 is 0 Å². The first-order chi connectivity index (χ1) is 10.2. The highest BCUT2D eigenvalue weighted by molar-refractivity contribution is 9.10. The van der Waals surface area contributed by atoms with Gasteiger partial charge in [0.25, 0.3) is 0 Å². The van der Waals surface area contributed by atoms with E-state index >= 15 is 0 Å². The molecule has 0 saturated heterocycles. The van der Waals surface area contributed by atoms with Gasteiger partial charge in [-0.25, -0.2) is 4.99 Å². The van der Waals surface area contributed by atoms with E-state index in [0.717, 1.165) is 15.7 Å². The molecule has 3 N–H and O–H groups in total. The van der Waals surface area contributed by atoms with E-state index in [2.05, 4.69) is 44.4 Å². The Balaban J connectivity index is 1.65. The van der Waals surface area contributed by atoms with Crippen molar-refractivity contribution in [3.05, 3.63) is 63.6 Å². The van der Waals surface area contributed by atoms with Crippen LogP contribution >= 0.6 is 15.9 Å². The van der Waals surface area contributed by atoms with E-state index in [1.165, 1.54) is 30.4 Å². The van der Waals surface area contributed by atoms with Crippen LogP contribution in [0.5, 0.6) is 0 Å². The van der Waals surface area contributed by atoms with E-state index in [-0.39, 0.29) is 0 Å². The molecule has 0 spiro atoms. The Morgan fingerprint density at radius 2 is 2.00 bits per heavy atom. The molecule has 0 unspecified atom stereocenters. The number of guanidine groups is 1. The minimum atomic E-state index is 0.452. The van der Waals surface area contributed by atoms with Crippen LogP contribution in [-0.2, 0) is 19.4 Å². The van der Waals surface area contributed by atoms with Crippen LogP contribution in [0.4, 0.5) is 5.69 Å². The fourth-order valence-electron chi connectivity index (χ4n) is 2.65. The summed E-state index contributed by atoms with van der Waals surface area (Å²) in [6.45, 7) is 0.573. The first-order valence-electron chi connectivity index (χ1n) is 7.14. The molecule has 0 saturated carbocycles. The number of rotatable bonds is 3. The molecule has 0 heterocycles. The summed E-state index contributed by atoms with van der Waals surface area (Å²) >= 11 is 3.46. The van der Waals surface area contributed by atoms with Gasteiger partial charge >= 0.3 is 0 Å². The summed E-state index contributed by atoms with van der Waals surface area (Å²) in [5.41, 5.74) is 11.0. The number of benzene rings is 2. The number of fused-ring (bicyclic) bond motifs is 1. The van der Waals surface area contributed by atoms with Crippen molar-refractivity contribution in [3.63, 3.8) is 0 Å². The van der Waals surface area contributed by atoms with E-state index in [1.807, 2.05) is 24.3 Å². The second-order valence-corrected chi connectivity index (χ2v) is 6.21. The predicted molar refractivity (Wildman–Crippen MR) is 91.6 cm³/mol. The number of hydrogen-bond acceptors (Lipinski definition) is 1. The first-order valence-corrected chi connectivity index (χ1v) is 7.93. The van der Waals surface area contributed by atoms with Crippen LogP contribution in [0.2, 0.25) is 0 Å². The van der Waals surface area contributed by atoms with Crippen LogP contribution in [-0.4, -0.2) is 5.96 Å². The summed E-state index contributed by atoms with van der Waals surface area (Å²) in [6, 6.07) is 14.5. The first kappa shape index (κ1) is 14.1. The van der Waals surface area contributed by atoms with E-state index in [9.17, 15) is 0 Å². The average molecular weight is 344 g/mol. The Kier molecular flexibility index (Phi) is 4.25. The zero-order chi connectivity index (χ0) is 14.7. The third kappa shape index (κ3) is 3.64. The molecule has 108 valence electrons. The largest absolute Gasteiger partial charge is 0.370 e. The van der Waals surface area contributed by atoms with Crippen molar-refractivity contribution in [1.82, 2.24) is 0 Å². The van der Waals surface area contributed by atoms with E-state index in [0.29, 0.717) is 12.5 Å². The summed E-state index contributed by atoms with van der Waals surface area (Å²) < 4.78 is 1.06. The lowest BCUT2D eigenvalue weighted by Crippen LogP contribution is -2.22. The molecule has 1 aliphatic rings.